The summed E-state index contributed by atoms with van der Waals surface area (Å²) in [6.07, 6.45) is 5.31. The fourth-order valence-electron chi connectivity index (χ4n) is 8.27. The van der Waals surface area contributed by atoms with Crippen molar-refractivity contribution in [2.45, 2.75) is 146 Å². The van der Waals surface area contributed by atoms with Gasteiger partial charge in [-0.1, -0.05) is 32.9 Å². The third kappa shape index (κ3) is 21.7. The number of aromatic nitrogens is 2. The zero-order valence-corrected chi connectivity index (χ0v) is 45.9. The Morgan fingerprint density at radius 2 is 0.859 bits per heavy atom. The fourth-order valence-corrected chi connectivity index (χ4v) is 8.40. The van der Waals surface area contributed by atoms with E-state index in [1.165, 1.54) is 21.3 Å². The molecule has 0 saturated carbocycles. The molecule has 3 fully saturated rings. The van der Waals surface area contributed by atoms with E-state index in [-0.39, 0.29) is 90.7 Å². The van der Waals surface area contributed by atoms with Crippen molar-refractivity contribution in [2.75, 3.05) is 61.2 Å². The normalized spacial score (nSPS) is 30.1. The van der Waals surface area contributed by atoms with Gasteiger partial charge in [0.2, 0.25) is 17.7 Å². The average molecular weight is 1160 g/mol. The first-order chi connectivity index (χ1) is 33.2. The molecule has 0 radical (unpaired) electrons. The Kier molecular flexibility index (Phi) is 34.2. The highest BCUT2D eigenvalue weighted by molar-refractivity contribution is 6.17. The number of rotatable bonds is 22. The molecule has 3 aliphatic rings. The third-order valence-corrected chi connectivity index (χ3v) is 12.8. The molecule has 5 heterocycles. The molecule has 15 atom stereocenters. The molecule has 0 aromatic carbocycles. The van der Waals surface area contributed by atoms with Gasteiger partial charge in [0.05, 0.1) is 56.4 Å². The van der Waals surface area contributed by atoms with Crippen LogP contribution in [0.1, 0.15) is 59.3 Å². The van der Waals surface area contributed by atoms with Crippen LogP contribution < -0.4 is 61.5 Å². The highest BCUT2D eigenvalue weighted by atomic mass is 127. The Hall–Kier alpha value is -2.46. The largest absolute Gasteiger partial charge is 1.00 e. The smallest absolute Gasteiger partial charge is 0.220 e. The van der Waals surface area contributed by atoms with Crippen LogP contribution in [-0.2, 0) is 65.4 Å². The van der Waals surface area contributed by atoms with Crippen molar-refractivity contribution >= 4 is 29.3 Å². The van der Waals surface area contributed by atoms with Crippen molar-refractivity contribution in [2.24, 2.45) is 17.8 Å². The summed E-state index contributed by atoms with van der Waals surface area (Å²) >= 11 is 5.56. The molecule has 2 aromatic heterocycles. The summed E-state index contributed by atoms with van der Waals surface area (Å²) < 4.78 is 47.1. The van der Waals surface area contributed by atoms with Crippen LogP contribution in [0.3, 0.4) is 0 Å². The Bertz CT molecular complexity index is 1740. The van der Waals surface area contributed by atoms with Crippen molar-refractivity contribution in [1.82, 2.24) is 16.0 Å². The van der Waals surface area contributed by atoms with Gasteiger partial charge in [0.25, 0.3) is 0 Å². The standard InChI is InChI=1S/C18H28N2O5.C17H26N2O5.C13H24ClNO5.ClH.HI/c1-13-14(12-23-2)25-18(24-3)16(17(13)22)19-15(21)8-7-11-20-9-5-4-6-10-20;1-12-13(11-20)24-17(23-2)15(16(12)22)18-14(21)7-6-10-19-8-4-3-5-9-19;1-8-9(7-18-2)20-13(19-3)11(12(8)17)15-10(16)5-4-6-14;;/h4-6,9-10,13-14,16-18,22H,7-8,11-12H2,1-3H3;3-5,8-9,12-13,15-17,20,22H,6-7,10-11H2,1-2H3;8-9,11-13,17H,4-7H2,1-3H3,(H,15,16);2*1H. The van der Waals surface area contributed by atoms with Gasteiger partial charge in [0.15, 0.2) is 43.7 Å². The lowest BCUT2D eigenvalue weighted by Crippen LogP contribution is -3.00. The molecule has 23 heteroatoms. The molecule has 5 rings (SSSR count). The Morgan fingerprint density at radius 1 is 0.549 bits per heavy atom. The number of hydrogen-bond donors (Lipinski definition) is 7. The molecule has 7 N–H and O–H groups in total. The van der Waals surface area contributed by atoms with E-state index < -0.39 is 61.4 Å². The number of halogens is 3. The van der Waals surface area contributed by atoms with E-state index in [9.17, 15) is 34.8 Å². The monoisotopic (exact) mass is 1160 g/mol. The van der Waals surface area contributed by atoms with Gasteiger partial charge in [-0.05, 0) is 6.42 Å². The zero-order valence-electron chi connectivity index (χ0n) is 42.2. The summed E-state index contributed by atoms with van der Waals surface area (Å²) in [5, 5.41) is 49.0. The number of carbonyl (C=O) groups is 3. The maximum Gasteiger partial charge on any atom is 0.220 e. The zero-order chi connectivity index (χ0) is 50.9. The van der Waals surface area contributed by atoms with E-state index in [1.807, 2.05) is 84.2 Å². The van der Waals surface area contributed by atoms with Gasteiger partial charge in [-0.25, -0.2) is 9.13 Å². The van der Waals surface area contributed by atoms with E-state index in [1.54, 1.807) is 21.1 Å². The maximum absolute atomic E-state index is 12.3. The minimum absolute atomic E-state index is 0. The quantitative estimate of drug-likeness (QED) is 0.0330. The highest BCUT2D eigenvalue weighted by Crippen LogP contribution is 2.29. The molecule has 0 spiro atoms. The van der Waals surface area contributed by atoms with Gasteiger partial charge in [-0.15, -0.1) is 11.6 Å². The van der Waals surface area contributed by atoms with Crippen LogP contribution in [0.5, 0.6) is 0 Å². The fraction of sp³-hybridized carbons (Fsp3) is 0.729. The van der Waals surface area contributed by atoms with Crippen LogP contribution in [0.25, 0.3) is 0 Å². The van der Waals surface area contributed by atoms with Gasteiger partial charge in [-0.3, -0.25) is 14.4 Å². The van der Waals surface area contributed by atoms with Crippen LogP contribution >= 0.6 is 11.6 Å². The molecular weight excluding hydrogens is 1080 g/mol. The number of carbonyl (C=O) groups excluding carboxylic acids is 3. The number of alkyl halides is 1. The van der Waals surface area contributed by atoms with E-state index in [2.05, 4.69) is 16.0 Å². The lowest BCUT2D eigenvalue weighted by molar-refractivity contribution is -0.697. The molecule has 15 unspecified atom stereocenters. The molecule has 0 aliphatic carbocycles. The second-order valence-electron chi connectivity index (χ2n) is 17.5. The number of aliphatic hydroxyl groups excluding tert-OH is 4. The molecule has 71 heavy (non-hydrogen) atoms. The number of amides is 3. The number of pyridine rings is 2. The van der Waals surface area contributed by atoms with Crippen molar-refractivity contribution in [1.29, 1.82) is 0 Å². The lowest BCUT2D eigenvalue weighted by atomic mass is 9.89. The number of nitrogens with zero attached hydrogens (tertiary/aromatic N) is 2. The number of methoxy groups -OCH3 is 5. The molecule has 2 aromatic rings. The number of nitrogens with one attached hydrogen (secondary N) is 3. The van der Waals surface area contributed by atoms with Crippen LogP contribution in [0.4, 0.5) is 0 Å². The number of aliphatic hydroxyl groups is 4. The number of aryl methyl sites for hydroxylation is 2. The van der Waals surface area contributed by atoms with Crippen molar-refractivity contribution in [3.8, 4) is 0 Å². The summed E-state index contributed by atoms with van der Waals surface area (Å²) in [4.78, 5) is 36.2. The maximum atomic E-state index is 12.3. The van der Waals surface area contributed by atoms with E-state index in [0.717, 1.165) is 13.1 Å². The van der Waals surface area contributed by atoms with Crippen molar-refractivity contribution < 1.29 is 118 Å². The summed E-state index contributed by atoms with van der Waals surface area (Å²) in [7, 11) is 7.60. The predicted octanol–water partition coefficient (Wildman–Crippen LogP) is -5.63. The highest BCUT2D eigenvalue weighted by Gasteiger charge is 2.46. The molecule has 0 bridgehead atoms. The second kappa shape index (κ2) is 36.5. The van der Waals surface area contributed by atoms with E-state index in [0.29, 0.717) is 57.6 Å². The van der Waals surface area contributed by atoms with Gasteiger partial charge in [0.1, 0.15) is 31.2 Å². The number of hydrogen-bond acceptors (Lipinski definition) is 15. The van der Waals surface area contributed by atoms with Crippen LogP contribution in [0, 0.1) is 17.8 Å². The predicted molar refractivity (Wildman–Crippen MR) is 251 cm³/mol. The minimum Gasteiger partial charge on any atom is -1.00 e. The van der Waals surface area contributed by atoms with E-state index >= 15 is 0 Å². The Balaban J connectivity index is 0.000000529. The summed E-state index contributed by atoms with van der Waals surface area (Å²) in [5.41, 5.74) is 0. The first-order valence-electron chi connectivity index (χ1n) is 23.7. The number of ether oxygens (including phenoxy) is 8. The molecule has 20 nitrogen and oxygen atoms in total. The van der Waals surface area contributed by atoms with Gasteiger partial charge in [-0.2, -0.15) is 0 Å². The second-order valence-corrected chi connectivity index (χ2v) is 17.9. The Labute approximate surface area is 447 Å². The van der Waals surface area contributed by atoms with E-state index in [4.69, 9.17) is 49.5 Å². The molecule has 3 saturated heterocycles. The topological polar surface area (TPSA) is 250 Å². The molecular formula is C48H80Cl2IN5O15. The minimum atomic E-state index is -0.840. The summed E-state index contributed by atoms with van der Waals surface area (Å²) in [6, 6.07) is 9.86. The van der Waals surface area contributed by atoms with Crippen molar-refractivity contribution in [3.05, 3.63) is 61.2 Å². The van der Waals surface area contributed by atoms with Gasteiger partial charge < -0.3 is 111 Å². The first-order valence-corrected chi connectivity index (χ1v) is 24.2. The van der Waals surface area contributed by atoms with Crippen LogP contribution in [-0.4, -0.2) is 173 Å². The molecule has 408 valence electrons. The van der Waals surface area contributed by atoms with Gasteiger partial charge in [0, 0.05) is 116 Å². The van der Waals surface area contributed by atoms with Crippen LogP contribution in [0.15, 0.2) is 61.2 Å². The summed E-state index contributed by atoms with van der Waals surface area (Å²) in [5.74, 6) is -0.656. The summed E-state index contributed by atoms with van der Waals surface area (Å²) in [6.45, 7) is 7.56. The Morgan fingerprint density at radius 3 is 1.15 bits per heavy atom. The average Bonchev–Trinajstić information content (AvgIpc) is 3.35. The lowest BCUT2D eigenvalue weighted by Gasteiger charge is -2.43. The SMILES string of the molecule is COC1OC(CO)C(C)C(O)C1NC(=O)CCC[n+]1ccccc1.COCC1OC(OC)C(NC(=O)CCCCl)C(O)C1C.COCC1OC(OC)C(NC(=O)CCC[n+]2ccccc2)C(O)C1C.[Cl-].[I-]. The molecule has 3 aliphatic heterocycles. The first kappa shape index (κ1) is 66.6. The van der Waals surface area contributed by atoms with Gasteiger partial charge >= 0.3 is 0 Å². The van der Waals surface area contributed by atoms with Crippen molar-refractivity contribution in [3.63, 3.8) is 0 Å². The molecule has 3 amide bonds. The third-order valence-electron chi connectivity index (χ3n) is 12.5. The van der Waals surface area contributed by atoms with Crippen LogP contribution in [0.2, 0.25) is 0 Å².